The quantitative estimate of drug-likeness (QED) is 0.812. The third-order valence-corrected chi connectivity index (χ3v) is 3.66. The monoisotopic (exact) mass is 237 g/mol. The van der Waals surface area contributed by atoms with E-state index >= 15 is 0 Å². The van der Waals surface area contributed by atoms with Gasteiger partial charge in [0.1, 0.15) is 0 Å². The average molecular weight is 237 g/mol. The number of benzene rings is 1. The molecule has 1 saturated heterocycles. The number of ether oxygens (including phenoxy) is 1. The molecule has 1 atom stereocenters. The Labute approximate surface area is 102 Å². The standard InChI is InChI=1S/C13H19NOS/c1-16-13-6-3-11(4-7-13)2-5-12-10-14-8-9-15-12/h3-4,6-7,12,14H,2,5,8-10H2,1H3. The first-order chi connectivity index (χ1) is 7.88. The first-order valence-electron chi connectivity index (χ1n) is 5.84. The van der Waals surface area contributed by atoms with Gasteiger partial charge in [0.25, 0.3) is 0 Å². The second kappa shape index (κ2) is 6.28. The number of hydrogen-bond donors (Lipinski definition) is 1. The molecular weight excluding hydrogens is 218 g/mol. The Hall–Kier alpha value is -0.510. The molecular formula is C13H19NOS. The van der Waals surface area contributed by atoms with Gasteiger partial charge in [-0.2, -0.15) is 0 Å². The van der Waals surface area contributed by atoms with Gasteiger partial charge in [-0.05, 0) is 36.8 Å². The maximum absolute atomic E-state index is 5.68. The molecule has 1 aromatic rings. The maximum Gasteiger partial charge on any atom is 0.0703 e. The van der Waals surface area contributed by atoms with E-state index in [1.165, 1.54) is 10.5 Å². The lowest BCUT2D eigenvalue weighted by atomic mass is 10.1. The molecule has 1 N–H and O–H groups in total. The molecule has 0 spiro atoms. The highest BCUT2D eigenvalue weighted by molar-refractivity contribution is 7.98. The van der Waals surface area contributed by atoms with Crippen LogP contribution >= 0.6 is 11.8 Å². The first kappa shape index (κ1) is 12.0. The molecule has 1 unspecified atom stereocenters. The summed E-state index contributed by atoms with van der Waals surface area (Å²) in [6.45, 7) is 2.86. The van der Waals surface area contributed by atoms with E-state index in [0.29, 0.717) is 6.10 Å². The Bertz CT molecular complexity index is 306. The number of thioether (sulfide) groups is 1. The van der Waals surface area contributed by atoms with Gasteiger partial charge in [0.05, 0.1) is 12.7 Å². The van der Waals surface area contributed by atoms with Crippen molar-refractivity contribution in [2.75, 3.05) is 26.0 Å². The molecule has 2 rings (SSSR count). The van der Waals surface area contributed by atoms with Gasteiger partial charge in [-0.3, -0.25) is 0 Å². The van der Waals surface area contributed by atoms with Crippen LogP contribution in [0.4, 0.5) is 0 Å². The summed E-state index contributed by atoms with van der Waals surface area (Å²) < 4.78 is 5.68. The van der Waals surface area contributed by atoms with Gasteiger partial charge in [-0.1, -0.05) is 12.1 Å². The van der Waals surface area contributed by atoms with Crippen molar-refractivity contribution in [2.24, 2.45) is 0 Å². The smallest absolute Gasteiger partial charge is 0.0703 e. The molecule has 1 aliphatic heterocycles. The molecule has 0 aromatic heterocycles. The lowest BCUT2D eigenvalue weighted by molar-refractivity contribution is 0.0238. The molecule has 88 valence electrons. The third-order valence-electron chi connectivity index (χ3n) is 2.92. The van der Waals surface area contributed by atoms with E-state index in [2.05, 4.69) is 35.8 Å². The number of hydrogen-bond acceptors (Lipinski definition) is 3. The van der Waals surface area contributed by atoms with Crippen LogP contribution in [0, 0.1) is 0 Å². The van der Waals surface area contributed by atoms with Crippen LogP contribution in [0.3, 0.4) is 0 Å². The van der Waals surface area contributed by atoms with Gasteiger partial charge in [0, 0.05) is 18.0 Å². The Kier molecular flexibility index (Phi) is 4.69. The van der Waals surface area contributed by atoms with Gasteiger partial charge in [0.2, 0.25) is 0 Å². The van der Waals surface area contributed by atoms with Crippen molar-refractivity contribution in [2.45, 2.75) is 23.8 Å². The van der Waals surface area contributed by atoms with Gasteiger partial charge in [0.15, 0.2) is 0 Å². The fourth-order valence-electron chi connectivity index (χ4n) is 1.92. The van der Waals surface area contributed by atoms with E-state index in [1.807, 2.05) is 0 Å². The molecule has 1 aliphatic rings. The molecule has 0 aliphatic carbocycles. The largest absolute Gasteiger partial charge is 0.376 e. The molecule has 1 fully saturated rings. The highest BCUT2D eigenvalue weighted by atomic mass is 32.2. The first-order valence-corrected chi connectivity index (χ1v) is 7.06. The summed E-state index contributed by atoms with van der Waals surface area (Å²) in [5, 5.41) is 3.36. The lowest BCUT2D eigenvalue weighted by Crippen LogP contribution is -2.38. The number of morpholine rings is 1. The molecule has 0 bridgehead atoms. The van der Waals surface area contributed by atoms with E-state index in [1.54, 1.807) is 11.8 Å². The van der Waals surface area contributed by atoms with Crippen molar-refractivity contribution in [1.29, 1.82) is 0 Å². The van der Waals surface area contributed by atoms with Crippen molar-refractivity contribution < 1.29 is 4.74 Å². The molecule has 2 nitrogen and oxygen atoms in total. The zero-order chi connectivity index (χ0) is 11.2. The summed E-state index contributed by atoms with van der Waals surface area (Å²) in [7, 11) is 0. The topological polar surface area (TPSA) is 21.3 Å². The van der Waals surface area contributed by atoms with Crippen molar-refractivity contribution >= 4 is 11.8 Å². The van der Waals surface area contributed by atoms with Gasteiger partial charge in [-0.15, -0.1) is 11.8 Å². The zero-order valence-corrected chi connectivity index (χ0v) is 10.6. The van der Waals surface area contributed by atoms with E-state index in [0.717, 1.165) is 32.5 Å². The predicted molar refractivity (Wildman–Crippen MR) is 69.2 cm³/mol. The van der Waals surface area contributed by atoms with Crippen LogP contribution in [0.5, 0.6) is 0 Å². The predicted octanol–water partition coefficient (Wildman–Crippen LogP) is 2.33. The van der Waals surface area contributed by atoms with E-state index in [-0.39, 0.29) is 0 Å². The van der Waals surface area contributed by atoms with Crippen molar-refractivity contribution in [3.05, 3.63) is 29.8 Å². The second-order valence-electron chi connectivity index (χ2n) is 4.08. The normalized spacial score (nSPS) is 20.9. The molecule has 16 heavy (non-hydrogen) atoms. The number of nitrogens with one attached hydrogen (secondary N) is 1. The van der Waals surface area contributed by atoms with Gasteiger partial charge in [-0.25, -0.2) is 0 Å². The van der Waals surface area contributed by atoms with Gasteiger partial charge >= 0.3 is 0 Å². The highest BCUT2D eigenvalue weighted by Crippen LogP contribution is 2.16. The number of rotatable bonds is 4. The Morgan fingerprint density at radius 3 is 2.81 bits per heavy atom. The molecule has 3 heteroatoms. The molecule has 0 radical (unpaired) electrons. The third kappa shape index (κ3) is 3.51. The summed E-state index contributed by atoms with van der Waals surface area (Å²) in [5.74, 6) is 0. The van der Waals surface area contributed by atoms with E-state index in [4.69, 9.17) is 4.74 Å². The lowest BCUT2D eigenvalue weighted by Gasteiger charge is -2.23. The van der Waals surface area contributed by atoms with Gasteiger partial charge < -0.3 is 10.1 Å². The number of aryl methyl sites for hydroxylation is 1. The van der Waals surface area contributed by atoms with Crippen molar-refractivity contribution in [3.8, 4) is 0 Å². The van der Waals surface area contributed by atoms with Crippen LogP contribution < -0.4 is 5.32 Å². The van der Waals surface area contributed by atoms with E-state index < -0.39 is 0 Å². The molecule has 1 aromatic carbocycles. The Morgan fingerprint density at radius 2 is 2.19 bits per heavy atom. The molecule has 0 saturated carbocycles. The summed E-state index contributed by atoms with van der Waals surface area (Å²) >= 11 is 1.79. The van der Waals surface area contributed by atoms with Crippen LogP contribution in [0.25, 0.3) is 0 Å². The minimum absolute atomic E-state index is 0.397. The fraction of sp³-hybridized carbons (Fsp3) is 0.538. The van der Waals surface area contributed by atoms with Crippen LogP contribution in [0.2, 0.25) is 0 Å². The maximum atomic E-state index is 5.68. The summed E-state index contributed by atoms with van der Waals surface area (Å²) in [6, 6.07) is 8.84. The fourth-order valence-corrected chi connectivity index (χ4v) is 2.33. The Balaban J connectivity index is 1.79. The molecule has 0 amide bonds. The van der Waals surface area contributed by atoms with Crippen LogP contribution in [-0.4, -0.2) is 32.1 Å². The average Bonchev–Trinajstić information content (AvgIpc) is 2.38. The summed E-state index contributed by atoms with van der Waals surface area (Å²) in [5.41, 5.74) is 1.41. The van der Waals surface area contributed by atoms with Crippen LogP contribution in [0.15, 0.2) is 29.2 Å². The highest BCUT2D eigenvalue weighted by Gasteiger charge is 2.12. The van der Waals surface area contributed by atoms with Crippen LogP contribution in [-0.2, 0) is 11.2 Å². The minimum Gasteiger partial charge on any atom is -0.376 e. The minimum atomic E-state index is 0.397. The zero-order valence-electron chi connectivity index (χ0n) is 9.74. The summed E-state index contributed by atoms with van der Waals surface area (Å²) in [6.07, 6.45) is 4.73. The van der Waals surface area contributed by atoms with Crippen molar-refractivity contribution in [1.82, 2.24) is 5.32 Å². The Morgan fingerprint density at radius 1 is 1.38 bits per heavy atom. The summed E-state index contributed by atoms with van der Waals surface area (Å²) in [4.78, 5) is 1.33. The second-order valence-corrected chi connectivity index (χ2v) is 4.96. The van der Waals surface area contributed by atoms with Crippen LogP contribution in [0.1, 0.15) is 12.0 Å². The molecule has 1 heterocycles. The van der Waals surface area contributed by atoms with Crippen molar-refractivity contribution in [3.63, 3.8) is 0 Å². The van der Waals surface area contributed by atoms with E-state index in [9.17, 15) is 0 Å². The SMILES string of the molecule is CSc1ccc(CCC2CNCCO2)cc1.